The van der Waals surface area contributed by atoms with E-state index in [1.165, 1.54) is 0 Å². The van der Waals surface area contributed by atoms with Crippen LogP contribution in [0.15, 0.2) is 30.5 Å². The van der Waals surface area contributed by atoms with Crippen LogP contribution < -0.4 is 0 Å². The summed E-state index contributed by atoms with van der Waals surface area (Å²) in [6.45, 7) is 3.55. The summed E-state index contributed by atoms with van der Waals surface area (Å²) in [4.78, 5) is 26.3. The van der Waals surface area contributed by atoms with Crippen molar-refractivity contribution in [2.45, 2.75) is 25.9 Å². The number of carbonyl (C=O) groups excluding carboxylic acids is 2. The molecule has 1 amide bonds. The highest BCUT2D eigenvalue weighted by molar-refractivity contribution is 6.31. The Bertz CT molecular complexity index is 810. The number of amides is 1. The lowest BCUT2D eigenvalue weighted by Crippen LogP contribution is -2.49. The van der Waals surface area contributed by atoms with Crippen LogP contribution in [0.25, 0.3) is 0 Å². The second kappa shape index (κ2) is 8.96. The molecule has 1 aliphatic heterocycles. The number of esters is 1. The fraction of sp³-hybridized carbons (Fsp3) is 0.444. The van der Waals surface area contributed by atoms with Gasteiger partial charge in [0.2, 0.25) is 0 Å². The highest BCUT2D eigenvalue weighted by Gasteiger charge is 2.31. The summed E-state index contributed by atoms with van der Waals surface area (Å²) >= 11 is 6.16. The van der Waals surface area contributed by atoms with Crippen molar-refractivity contribution in [1.82, 2.24) is 19.9 Å². The highest BCUT2D eigenvalue weighted by Crippen LogP contribution is 2.17. The lowest BCUT2D eigenvalue weighted by molar-refractivity contribution is -0.145. The van der Waals surface area contributed by atoms with Gasteiger partial charge in [-0.1, -0.05) is 35.0 Å². The summed E-state index contributed by atoms with van der Waals surface area (Å²) < 4.78 is 12.0. The number of benzene rings is 1. The van der Waals surface area contributed by atoms with Crippen LogP contribution in [0.2, 0.25) is 5.02 Å². The first-order chi connectivity index (χ1) is 13.1. The van der Waals surface area contributed by atoms with Gasteiger partial charge in [0.05, 0.1) is 45.0 Å². The smallest absolute Gasteiger partial charge is 0.307 e. The summed E-state index contributed by atoms with van der Waals surface area (Å²) in [6.07, 6.45) is 1.68. The minimum Gasteiger partial charge on any atom is -0.466 e. The summed E-state index contributed by atoms with van der Waals surface area (Å²) in [6, 6.07) is 7.05. The van der Waals surface area contributed by atoms with Gasteiger partial charge in [-0.15, -0.1) is 5.10 Å². The number of ether oxygens (including phenoxy) is 2. The molecule has 1 fully saturated rings. The predicted molar refractivity (Wildman–Crippen MR) is 97.5 cm³/mol. The predicted octanol–water partition coefficient (Wildman–Crippen LogP) is 1.77. The summed E-state index contributed by atoms with van der Waals surface area (Å²) in [7, 11) is 0. The van der Waals surface area contributed by atoms with E-state index < -0.39 is 0 Å². The number of hydrogen-bond donors (Lipinski definition) is 0. The van der Waals surface area contributed by atoms with E-state index >= 15 is 0 Å². The molecular weight excluding hydrogens is 372 g/mol. The molecule has 9 heteroatoms. The molecule has 8 nitrogen and oxygen atoms in total. The van der Waals surface area contributed by atoms with Crippen molar-refractivity contribution in [3.8, 4) is 0 Å². The van der Waals surface area contributed by atoms with E-state index in [1.807, 2.05) is 18.2 Å². The third kappa shape index (κ3) is 4.84. The minimum atomic E-state index is -0.376. The van der Waals surface area contributed by atoms with Crippen molar-refractivity contribution in [3.63, 3.8) is 0 Å². The van der Waals surface area contributed by atoms with Crippen molar-refractivity contribution < 1.29 is 19.1 Å². The standard InChI is InChI=1S/C18H21ClN4O4/c1-2-27-17(24)9-14-12-26-8-7-23(14)18(25)16-11-22(21-20-16)10-13-5-3-4-6-15(13)19/h3-6,11,14H,2,7-10,12H2,1H3/t14-/m1/s1. The minimum absolute atomic E-state index is 0.0906. The number of aromatic nitrogens is 3. The van der Waals surface area contributed by atoms with Crippen LogP contribution in [0.4, 0.5) is 0 Å². The Balaban J connectivity index is 1.70. The first kappa shape index (κ1) is 19.3. The van der Waals surface area contributed by atoms with E-state index in [0.717, 1.165) is 5.56 Å². The van der Waals surface area contributed by atoms with Gasteiger partial charge in [0.1, 0.15) is 0 Å². The molecule has 0 unspecified atom stereocenters. The maximum atomic E-state index is 12.9. The lowest BCUT2D eigenvalue weighted by atomic mass is 10.1. The average molecular weight is 393 g/mol. The molecule has 1 aliphatic rings. The molecule has 0 spiro atoms. The topological polar surface area (TPSA) is 86.5 Å². The van der Waals surface area contributed by atoms with Gasteiger partial charge >= 0.3 is 5.97 Å². The third-order valence-electron chi connectivity index (χ3n) is 4.24. The van der Waals surface area contributed by atoms with E-state index in [1.54, 1.807) is 28.8 Å². The summed E-state index contributed by atoms with van der Waals surface area (Å²) in [5.41, 5.74) is 1.10. The molecule has 2 heterocycles. The maximum absolute atomic E-state index is 12.9. The van der Waals surface area contributed by atoms with Crippen LogP contribution in [-0.2, 0) is 20.8 Å². The average Bonchev–Trinajstić information content (AvgIpc) is 3.12. The molecule has 0 aliphatic carbocycles. The van der Waals surface area contributed by atoms with Gasteiger partial charge in [0.25, 0.3) is 5.91 Å². The Morgan fingerprint density at radius 1 is 1.37 bits per heavy atom. The molecule has 0 radical (unpaired) electrons. The fourth-order valence-corrected chi connectivity index (χ4v) is 3.12. The zero-order valence-electron chi connectivity index (χ0n) is 15.0. The van der Waals surface area contributed by atoms with Crippen LogP contribution >= 0.6 is 11.6 Å². The highest BCUT2D eigenvalue weighted by atomic mass is 35.5. The number of hydrogen-bond acceptors (Lipinski definition) is 6. The molecule has 0 bridgehead atoms. The summed E-state index contributed by atoms with van der Waals surface area (Å²) in [5.74, 6) is -0.633. The zero-order chi connectivity index (χ0) is 19.2. The molecule has 3 rings (SSSR count). The zero-order valence-corrected chi connectivity index (χ0v) is 15.8. The Morgan fingerprint density at radius 3 is 2.96 bits per heavy atom. The maximum Gasteiger partial charge on any atom is 0.307 e. The molecular formula is C18H21ClN4O4. The van der Waals surface area contributed by atoms with E-state index in [9.17, 15) is 9.59 Å². The second-order valence-corrected chi connectivity index (χ2v) is 6.54. The molecule has 1 saturated heterocycles. The summed E-state index contributed by atoms with van der Waals surface area (Å²) in [5, 5.41) is 8.64. The first-order valence-corrected chi connectivity index (χ1v) is 9.14. The van der Waals surface area contributed by atoms with Crippen LogP contribution in [0.1, 0.15) is 29.4 Å². The number of morpholine rings is 1. The van der Waals surface area contributed by atoms with Crippen LogP contribution in [0, 0.1) is 0 Å². The van der Waals surface area contributed by atoms with E-state index in [4.69, 9.17) is 21.1 Å². The largest absolute Gasteiger partial charge is 0.466 e. The molecule has 1 aromatic heterocycles. The van der Waals surface area contributed by atoms with E-state index in [-0.39, 0.29) is 36.6 Å². The van der Waals surface area contributed by atoms with Gasteiger partial charge < -0.3 is 14.4 Å². The lowest BCUT2D eigenvalue weighted by Gasteiger charge is -2.34. The van der Waals surface area contributed by atoms with Gasteiger partial charge in [-0.2, -0.15) is 0 Å². The first-order valence-electron chi connectivity index (χ1n) is 8.76. The van der Waals surface area contributed by atoms with Crippen molar-refractivity contribution in [2.75, 3.05) is 26.4 Å². The van der Waals surface area contributed by atoms with Gasteiger partial charge in [0, 0.05) is 11.6 Å². The van der Waals surface area contributed by atoms with E-state index in [0.29, 0.717) is 31.3 Å². The quantitative estimate of drug-likeness (QED) is 0.696. The monoisotopic (exact) mass is 392 g/mol. The molecule has 27 heavy (non-hydrogen) atoms. The molecule has 0 saturated carbocycles. The Kier molecular flexibility index (Phi) is 6.41. The van der Waals surface area contributed by atoms with E-state index in [2.05, 4.69) is 10.3 Å². The van der Waals surface area contributed by atoms with Gasteiger partial charge in [-0.05, 0) is 18.6 Å². The fourth-order valence-electron chi connectivity index (χ4n) is 2.93. The Morgan fingerprint density at radius 2 is 2.19 bits per heavy atom. The second-order valence-electron chi connectivity index (χ2n) is 6.13. The molecule has 1 aromatic carbocycles. The van der Waals surface area contributed by atoms with Crippen molar-refractivity contribution in [3.05, 3.63) is 46.7 Å². The Labute approximate surface area is 162 Å². The van der Waals surface area contributed by atoms with Gasteiger partial charge in [0.15, 0.2) is 5.69 Å². The molecule has 2 aromatic rings. The molecule has 144 valence electrons. The normalized spacial score (nSPS) is 17.0. The number of halogens is 1. The van der Waals surface area contributed by atoms with Crippen molar-refractivity contribution in [2.24, 2.45) is 0 Å². The molecule has 1 atom stereocenters. The van der Waals surface area contributed by atoms with Crippen LogP contribution in [0.5, 0.6) is 0 Å². The van der Waals surface area contributed by atoms with Crippen molar-refractivity contribution in [1.29, 1.82) is 0 Å². The van der Waals surface area contributed by atoms with Gasteiger partial charge in [-0.3, -0.25) is 9.59 Å². The number of rotatable bonds is 6. The third-order valence-corrected chi connectivity index (χ3v) is 4.61. The van der Waals surface area contributed by atoms with Gasteiger partial charge in [-0.25, -0.2) is 4.68 Å². The number of nitrogens with zero attached hydrogens (tertiary/aromatic N) is 4. The van der Waals surface area contributed by atoms with Crippen molar-refractivity contribution >= 4 is 23.5 Å². The van der Waals surface area contributed by atoms with Crippen LogP contribution in [-0.4, -0.2) is 64.2 Å². The SMILES string of the molecule is CCOC(=O)C[C@@H]1COCCN1C(=O)c1cn(Cc2ccccc2Cl)nn1. The molecule has 0 N–H and O–H groups in total. The van der Waals surface area contributed by atoms with Crippen LogP contribution in [0.3, 0.4) is 0 Å². The number of carbonyl (C=O) groups is 2. The Hall–Kier alpha value is -2.45.